The minimum Gasteiger partial charge on any atom is -0.497 e. The number of aliphatic carboxylic acids is 1. The standard InChI is InChI=1S/C34H26F6N2O7/c1-48-27-15-8-23(28(17-27)34(38,39)40)16-29(43)41-25-11-6-21(7-12-25)31(46)42(19-30(44)45)18-20-2-13-26(14-3-20)49-32(47)22-4-9-24(10-5-22)33(35,36)37/h2-15,17H,16,18-19H2,1H3,(H,41,43)(H,44,45). The van der Waals surface area contributed by atoms with Gasteiger partial charge in [-0.1, -0.05) is 18.2 Å². The van der Waals surface area contributed by atoms with Gasteiger partial charge in [0, 0.05) is 17.8 Å². The zero-order valence-electron chi connectivity index (χ0n) is 25.4. The molecule has 4 rings (SSSR count). The Morgan fingerprint density at radius 2 is 1.35 bits per heavy atom. The highest BCUT2D eigenvalue weighted by Gasteiger charge is 2.34. The first-order valence-corrected chi connectivity index (χ1v) is 14.2. The molecule has 0 aliphatic heterocycles. The van der Waals surface area contributed by atoms with E-state index in [9.17, 15) is 50.6 Å². The number of carboxylic acid groups (broad SMARTS) is 1. The molecule has 0 aromatic heterocycles. The summed E-state index contributed by atoms with van der Waals surface area (Å²) in [4.78, 5) is 50.7. The molecule has 256 valence electrons. The molecule has 49 heavy (non-hydrogen) atoms. The lowest BCUT2D eigenvalue weighted by Crippen LogP contribution is -2.35. The Kier molecular flexibility index (Phi) is 11.0. The largest absolute Gasteiger partial charge is 0.497 e. The van der Waals surface area contributed by atoms with Crippen molar-refractivity contribution in [1.29, 1.82) is 0 Å². The van der Waals surface area contributed by atoms with Crippen LogP contribution in [0.2, 0.25) is 0 Å². The number of nitrogens with zero attached hydrogens (tertiary/aromatic N) is 1. The Hall–Kier alpha value is -5.86. The van der Waals surface area contributed by atoms with Gasteiger partial charge in [0.1, 0.15) is 18.0 Å². The molecular weight excluding hydrogens is 662 g/mol. The summed E-state index contributed by atoms with van der Waals surface area (Å²) in [5, 5.41) is 11.9. The van der Waals surface area contributed by atoms with E-state index in [0.717, 1.165) is 41.3 Å². The van der Waals surface area contributed by atoms with E-state index in [-0.39, 0.29) is 40.4 Å². The Balaban J connectivity index is 1.39. The number of carboxylic acids is 1. The lowest BCUT2D eigenvalue weighted by atomic mass is 10.0. The molecule has 0 heterocycles. The van der Waals surface area contributed by atoms with E-state index in [4.69, 9.17) is 9.47 Å². The fraction of sp³-hybridized carbons (Fsp3) is 0.176. The Labute approximate surface area is 274 Å². The summed E-state index contributed by atoms with van der Waals surface area (Å²) in [6.45, 7) is -0.870. The number of benzene rings is 4. The highest BCUT2D eigenvalue weighted by molar-refractivity contribution is 5.97. The smallest absolute Gasteiger partial charge is 0.416 e. The van der Waals surface area contributed by atoms with E-state index in [1.165, 1.54) is 61.7 Å². The average molecular weight is 689 g/mol. The highest BCUT2D eigenvalue weighted by atomic mass is 19.4. The van der Waals surface area contributed by atoms with Crippen molar-refractivity contribution in [3.05, 3.63) is 124 Å². The van der Waals surface area contributed by atoms with Gasteiger partial charge in [0.2, 0.25) is 5.91 Å². The number of ether oxygens (including phenoxy) is 2. The Morgan fingerprint density at radius 1 is 0.755 bits per heavy atom. The normalized spacial score (nSPS) is 11.4. The van der Waals surface area contributed by atoms with Crippen molar-refractivity contribution in [3.8, 4) is 11.5 Å². The van der Waals surface area contributed by atoms with E-state index in [1.807, 2.05) is 0 Å². The number of amides is 2. The van der Waals surface area contributed by atoms with E-state index in [0.29, 0.717) is 5.56 Å². The molecular formula is C34H26F6N2O7. The third-order valence-corrected chi connectivity index (χ3v) is 6.96. The molecule has 0 unspecified atom stereocenters. The second-order valence-electron chi connectivity index (χ2n) is 10.5. The molecule has 0 fully saturated rings. The van der Waals surface area contributed by atoms with Crippen LogP contribution in [-0.4, -0.2) is 47.4 Å². The second-order valence-corrected chi connectivity index (χ2v) is 10.5. The summed E-state index contributed by atoms with van der Waals surface area (Å²) in [5.41, 5.74) is -1.66. The van der Waals surface area contributed by atoms with Crippen molar-refractivity contribution in [3.63, 3.8) is 0 Å². The number of rotatable bonds is 11. The molecule has 4 aromatic rings. The van der Waals surface area contributed by atoms with E-state index < -0.39 is 60.2 Å². The zero-order valence-corrected chi connectivity index (χ0v) is 25.4. The van der Waals surface area contributed by atoms with Crippen LogP contribution in [0.4, 0.5) is 32.0 Å². The minimum atomic E-state index is -4.72. The van der Waals surface area contributed by atoms with Gasteiger partial charge in [0.25, 0.3) is 5.91 Å². The molecule has 0 saturated carbocycles. The molecule has 2 N–H and O–H groups in total. The van der Waals surface area contributed by atoms with Crippen LogP contribution >= 0.6 is 0 Å². The molecule has 4 aromatic carbocycles. The minimum absolute atomic E-state index is 0.0222. The predicted molar refractivity (Wildman–Crippen MR) is 162 cm³/mol. The van der Waals surface area contributed by atoms with Gasteiger partial charge in [0.05, 0.1) is 30.2 Å². The van der Waals surface area contributed by atoms with Crippen LogP contribution in [0.25, 0.3) is 0 Å². The fourth-order valence-corrected chi connectivity index (χ4v) is 4.56. The van der Waals surface area contributed by atoms with Gasteiger partial charge in [-0.25, -0.2) is 4.79 Å². The van der Waals surface area contributed by atoms with Gasteiger partial charge in [-0.15, -0.1) is 0 Å². The average Bonchev–Trinajstić information content (AvgIpc) is 3.04. The molecule has 0 spiro atoms. The van der Waals surface area contributed by atoms with Gasteiger partial charge < -0.3 is 24.8 Å². The van der Waals surface area contributed by atoms with Crippen LogP contribution in [0.5, 0.6) is 11.5 Å². The van der Waals surface area contributed by atoms with Gasteiger partial charge >= 0.3 is 24.3 Å². The summed E-state index contributed by atoms with van der Waals surface area (Å²) in [5.74, 6) is -3.64. The first kappa shape index (κ1) is 36.0. The van der Waals surface area contributed by atoms with Crippen molar-refractivity contribution < 1.29 is 60.1 Å². The van der Waals surface area contributed by atoms with Crippen molar-refractivity contribution in [1.82, 2.24) is 4.90 Å². The maximum atomic E-state index is 13.5. The highest BCUT2D eigenvalue weighted by Crippen LogP contribution is 2.35. The van der Waals surface area contributed by atoms with Crippen LogP contribution in [0, 0.1) is 0 Å². The maximum Gasteiger partial charge on any atom is 0.416 e. The van der Waals surface area contributed by atoms with Gasteiger partial charge in [-0.2, -0.15) is 26.3 Å². The second kappa shape index (κ2) is 14.9. The number of esters is 1. The van der Waals surface area contributed by atoms with Crippen LogP contribution in [-0.2, 0) is 34.9 Å². The number of hydrogen-bond donors (Lipinski definition) is 2. The monoisotopic (exact) mass is 688 g/mol. The third-order valence-electron chi connectivity index (χ3n) is 6.96. The lowest BCUT2D eigenvalue weighted by molar-refractivity contribution is -0.139. The number of anilines is 1. The molecule has 2 amide bonds. The predicted octanol–water partition coefficient (Wildman–Crippen LogP) is 6.86. The first-order valence-electron chi connectivity index (χ1n) is 14.2. The van der Waals surface area contributed by atoms with Gasteiger partial charge in [0.15, 0.2) is 0 Å². The molecule has 0 radical (unpaired) electrons. The van der Waals surface area contributed by atoms with Crippen molar-refractivity contribution >= 4 is 29.4 Å². The number of halogens is 6. The molecule has 15 heteroatoms. The summed E-state index contributed by atoms with van der Waals surface area (Å²) in [7, 11) is 1.22. The summed E-state index contributed by atoms with van der Waals surface area (Å²) in [6.07, 6.45) is -9.88. The van der Waals surface area contributed by atoms with Crippen LogP contribution in [0.1, 0.15) is 43.0 Å². The number of methoxy groups -OCH3 is 1. The van der Waals surface area contributed by atoms with Gasteiger partial charge in [-0.05, 0) is 83.9 Å². The topological polar surface area (TPSA) is 122 Å². The maximum absolute atomic E-state index is 13.5. The van der Waals surface area contributed by atoms with Crippen molar-refractivity contribution in [2.24, 2.45) is 0 Å². The number of carbonyl (C=O) groups excluding carboxylic acids is 3. The summed E-state index contributed by atoms with van der Waals surface area (Å²) in [6, 6.07) is 17.6. The molecule has 0 aliphatic carbocycles. The molecule has 0 bridgehead atoms. The van der Waals surface area contributed by atoms with Crippen LogP contribution in [0.3, 0.4) is 0 Å². The third kappa shape index (κ3) is 9.82. The number of nitrogens with one attached hydrogen (secondary N) is 1. The molecule has 0 saturated heterocycles. The van der Waals surface area contributed by atoms with Crippen molar-refractivity contribution in [2.45, 2.75) is 25.3 Å². The Morgan fingerprint density at radius 3 is 1.90 bits per heavy atom. The number of hydrogen-bond acceptors (Lipinski definition) is 6. The number of alkyl halides is 6. The van der Waals surface area contributed by atoms with E-state index in [1.54, 1.807) is 0 Å². The number of carbonyl (C=O) groups is 4. The zero-order chi connectivity index (χ0) is 35.9. The molecule has 0 aliphatic rings. The van der Waals surface area contributed by atoms with E-state index >= 15 is 0 Å². The SMILES string of the molecule is COc1ccc(CC(=O)Nc2ccc(C(=O)N(CC(=O)O)Cc3ccc(OC(=O)c4ccc(C(F)(F)F)cc4)cc3)cc2)c(C(F)(F)F)c1. The van der Waals surface area contributed by atoms with Crippen LogP contribution < -0.4 is 14.8 Å². The molecule has 0 atom stereocenters. The van der Waals surface area contributed by atoms with Crippen LogP contribution in [0.15, 0.2) is 91.0 Å². The van der Waals surface area contributed by atoms with Crippen molar-refractivity contribution in [2.75, 3.05) is 19.0 Å². The quantitative estimate of drug-likeness (QED) is 0.100. The summed E-state index contributed by atoms with van der Waals surface area (Å²) < 4.78 is 88.8. The molecule has 9 nitrogen and oxygen atoms in total. The summed E-state index contributed by atoms with van der Waals surface area (Å²) >= 11 is 0. The fourth-order valence-electron chi connectivity index (χ4n) is 4.56. The Bertz CT molecular complexity index is 1820. The van der Waals surface area contributed by atoms with E-state index in [2.05, 4.69) is 5.32 Å². The first-order chi connectivity index (χ1) is 23.0. The van der Waals surface area contributed by atoms with Gasteiger partial charge in [-0.3, -0.25) is 14.4 Å². The lowest BCUT2D eigenvalue weighted by Gasteiger charge is -2.21.